The Bertz CT molecular complexity index is 585. The Balaban J connectivity index is 1.94. The Hall–Kier alpha value is -2.09. The van der Waals surface area contributed by atoms with Crippen LogP contribution in [0.15, 0.2) is 48.5 Å². The second kappa shape index (κ2) is 7.63. The molecular weight excluding hydrogens is 260 g/mol. The van der Waals surface area contributed by atoms with E-state index in [1.165, 1.54) is 11.1 Å². The molecule has 0 saturated carbocycles. The molecule has 0 unspecified atom stereocenters. The van der Waals surface area contributed by atoms with Crippen molar-refractivity contribution >= 4 is 5.78 Å². The van der Waals surface area contributed by atoms with E-state index < -0.39 is 0 Å². The van der Waals surface area contributed by atoms with Crippen molar-refractivity contribution in [2.75, 3.05) is 6.61 Å². The first-order chi connectivity index (χ1) is 10.2. The molecule has 0 N–H and O–H groups in total. The van der Waals surface area contributed by atoms with Crippen molar-refractivity contribution in [1.82, 2.24) is 0 Å². The van der Waals surface area contributed by atoms with Crippen LogP contribution in [0, 0.1) is 0 Å². The second-order valence-electron chi connectivity index (χ2n) is 5.16. The van der Waals surface area contributed by atoms with Crippen LogP contribution in [0.5, 0.6) is 5.75 Å². The van der Waals surface area contributed by atoms with E-state index in [1.807, 2.05) is 42.5 Å². The van der Waals surface area contributed by atoms with Gasteiger partial charge in [-0.1, -0.05) is 56.7 Å². The van der Waals surface area contributed by atoms with E-state index in [2.05, 4.69) is 19.9 Å². The molecule has 0 aliphatic heterocycles. The molecule has 0 aliphatic rings. The van der Waals surface area contributed by atoms with Gasteiger partial charge in [-0.25, -0.2) is 0 Å². The molecule has 2 nitrogen and oxygen atoms in total. The summed E-state index contributed by atoms with van der Waals surface area (Å²) in [4.78, 5) is 12.1. The maximum atomic E-state index is 12.1. The third-order valence-corrected chi connectivity index (χ3v) is 3.49. The van der Waals surface area contributed by atoms with Gasteiger partial charge in [0, 0.05) is 5.56 Å². The third-order valence-electron chi connectivity index (χ3n) is 3.49. The average Bonchev–Trinajstić information content (AvgIpc) is 2.54. The van der Waals surface area contributed by atoms with Crippen molar-refractivity contribution in [3.8, 4) is 5.75 Å². The molecule has 0 aromatic heterocycles. The van der Waals surface area contributed by atoms with Crippen molar-refractivity contribution in [3.63, 3.8) is 0 Å². The zero-order chi connectivity index (χ0) is 15.1. The first-order valence-electron chi connectivity index (χ1n) is 7.56. The monoisotopic (exact) mass is 282 g/mol. The molecule has 0 heterocycles. The number of ketones is 1. The molecule has 2 rings (SSSR count). The van der Waals surface area contributed by atoms with E-state index >= 15 is 0 Å². The lowest BCUT2D eigenvalue weighted by Crippen LogP contribution is -2.11. The van der Waals surface area contributed by atoms with Crippen molar-refractivity contribution < 1.29 is 9.53 Å². The maximum absolute atomic E-state index is 12.1. The predicted molar refractivity (Wildman–Crippen MR) is 86.1 cm³/mol. The summed E-state index contributed by atoms with van der Waals surface area (Å²) >= 11 is 0. The van der Waals surface area contributed by atoms with E-state index in [9.17, 15) is 4.79 Å². The Morgan fingerprint density at radius 2 is 1.76 bits per heavy atom. The van der Waals surface area contributed by atoms with Gasteiger partial charge < -0.3 is 4.74 Å². The number of aryl methyl sites for hydroxylation is 2. The summed E-state index contributed by atoms with van der Waals surface area (Å²) in [6.07, 6.45) is 3.13. The summed E-state index contributed by atoms with van der Waals surface area (Å²) in [5.41, 5.74) is 3.19. The highest BCUT2D eigenvalue weighted by Gasteiger charge is 2.07. The number of rotatable bonds is 7. The number of hydrogen-bond acceptors (Lipinski definition) is 2. The van der Waals surface area contributed by atoms with Gasteiger partial charge in [0.1, 0.15) is 5.75 Å². The normalized spacial score (nSPS) is 10.4. The molecule has 0 bridgehead atoms. The minimum atomic E-state index is 0.0138. The first kappa shape index (κ1) is 15.3. The minimum absolute atomic E-state index is 0.0138. The molecule has 0 spiro atoms. The molecule has 2 aromatic rings. The number of hydrogen-bond donors (Lipinski definition) is 0. The van der Waals surface area contributed by atoms with Gasteiger partial charge >= 0.3 is 0 Å². The summed E-state index contributed by atoms with van der Waals surface area (Å²) < 4.78 is 5.59. The fourth-order valence-corrected chi connectivity index (χ4v) is 2.23. The number of carbonyl (C=O) groups excluding carboxylic acids is 1. The highest BCUT2D eigenvalue weighted by molar-refractivity contribution is 5.97. The van der Waals surface area contributed by atoms with Crippen LogP contribution >= 0.6 is 0 Å². The molecule has 0 atom stereocenters. The molecule has 21 heavy (non-hydrogen) atoms. The predicted octanol–water partition coefficient (Wildman–Crippen LogP) is 4.46. The summed E-state index contributed by atoms with van der Waals surface area (Å²) in [6.45, 7) is 4.33. The van der Waals surface area contributed by atoms with Gasteiger partial charge in [-0.15, -0.1) is 0 Å². The van der Waals surface area contributed by atoms with Crippen molar-refractivity contribution in [2.24, 2.45) is 0 Å². The number of Topliss-reactive ketones (excluding diaryl/α,β-unsaturated/α-hetero) is 1. The SMILES string of the molecule is CCCc1ccc(C(=O)COc2cccc(CC)c2)cc1. The zero-order valence-electron chi connectivity index (χ0n) is 12.8. The van der Waals surface area contributed by atoms with E-state index in [-0.39, 0.29) is 12.4 Å². The summed E-state index contributed by atoms with van der Waals surface area (Å²) in [5, 5.41) is 0. The Labute approximate surface area is 126 Å². The number of ether oxygens (including phenoxy) is 1. The third kappa shape index (κ3) is 4.45. The van der Waals surface area contributed by atoms with Crippen molar-refractivity contribution in [1.29, 1.82) is 0 Å². The van der Waals surface area contributed by atoms with Gasteiger partial charge in [0.25, 0.3) is 0 Å². The topological polar surface area (TPSA) is 26.3 Å². The fraction of sp³-hybridized carbons (Fsp3) is 0.316. The van der Waals surface area contributed by atoms with Gasteiger partial charge in [-0.3, -0.25) is 4.79 Å². The van der Waals surface area contributed by atoms with Gasteiger partial charge in [-0.05, 0) is 36.1 Å². The Kier molecular flexibility index (Phi) is 5.56. The van der Waals surface area contributed by atoms with Gasteiger partial charge in [0.15, 0.2) is 12.4 Å². The maximum Gasteiger partial charge on any atom is 0.200 e. The highest BCUT2D eigenvalue weighted by atomic mass is 16.5. The van der Waals surface area contributed by atoms with Crippen molar-refractivity contribution in [3.05, 3.63) is 65.2 Å². The van der Waals surface area contributed by atoms with Crippen LogP contribution in [0.25, 0.3) is 0 Å². The molecule has 0 aliphatic carbocycles. The largest absolute Gasteiger partial charge is 0.485 e. The van der Waals surface area contributed by atoms with Crippen molar-refractivity contribution in [2.45, 2.75) is 33.1 Å². The quantitative estimate of drug-likeness (QED) is 0.701. The molecule has 2 heteroatoms. The van der Waals surface area contributed by atoms with E-state index in [0.29, 0.717) is 5.56 Å². The molecular formula is C19H22O2. The van der Waals surface area contributed by atoms with E-state index in [4.69, 9.17) is 4.74 Å². The van der Waals surface area contributed by atoms with Crippen LogP contribution in [-0.2, 0) is 12.8 Å². The molecule has 0 amide bonds. The Morgan fingerprint density at radius 3 is 2.43 bits per heavy atom. The van der Waals surface area contributed by atoms with Crippen LogP contribution in [0.2, 0.25) is 0 Å². The lowest BCUT2D eigenvalue weighted by atomic mass is 10.1. The standard InChI is InChI=1S/C19H22O2/c1-3-6-16-9-11-17(12-10-16)19(20)14-21-18-8-5-7-15(4-2)13-18/h5,7-13H,3-4,6,14H2,1-2H3. The van der Waals surface area contributed by atoms with Crippen LogP contribution < -0.4 is 4.74 Å². The smallest absolute Gasteiger partial charge is 0.200 e. The fourth-order valence-electron chi connectivity index (χ4n) is 2.23. The van der Waals surface area contributed by atoms with Gasteiger partial charge in [0.05, 0.1) is 0 Å². The van der Waals surface area contributed by atoms with Gasteiger partial charge in [-0.2, -0.15) is 0 Å². The number of carbonyl (C=O) groups is 1. The van der Waals surface area contributed by atoms with Gasteiger partial charge in [0.2, 0.25) is 0 Å². The Morgan fingerprint density at radius 1 is 1.00 bits per heavy atom. The summed E-state index contributed by atoms with van der Waals surface area (Å²) in [7, 11) is 0. The second-order valence-corrected chi connectivity index (χ2v) is 5.16. The lowest BCUT2D eigenvalue weighted by Gasteiger charge is -2.07. The minimum Gasteiger partial charge on any atom is -0.485 e. The molecule has 0 fully saturated rings. The molecule has 110 valence electrons. The molecule has 0 saturated heterocycles. The van der Waals surface area contributed by atoms with Crippen LogP contribution in [-0.4, -0.2) is 12.4 Å². The summed E-state index contributed by atoms with van der Waals surface area (Å²) in [5.74, 6) is 0.769. The van der Waals surface area contributed by atoms with E-state index in [1.54, 1.807) is 0 Å². The van der Waals surface area contributed by atoms with Crippen LogP contribution in [0.1, 0.15) is 41.8 Å². The highest BCUT2D eigenvalue weighted by Crippen LogP contribution is 2.14. The zero-order valence-corrected chi connectivity index (χ0v) is 12.8. The van der Waals surface area contributed by atoms with Crippen LogP contribution in [0.3, 0.4) is 0 Å². The van der Waals surface area contributed by atoms with E-state index in [0.717, 1.165) is 25.0 Å². The average molecular weight is 282 g/mol. The molecule has 0 radical (unpaired) electrons. The van der Waals surface area contributed by atoms with Crippen LogP contribution in [0.4, 0.5) is 0 Å². The summed E-state index contributed by atoms with van der Waals surface area (Å²) in [6, 6.07) is 15.7. The lowest BCUT2D eigenvalue weighted by molar-refractivity contribution is 0.0921. The first-order valence-corrected chi connectivity index (χ1v) is 7.56. The molecule has 2 aromatic carbocycles. The number of benzene rings is 2.